The number of imide groups is 1. The Morgan fingerprint density at radius 2 is 2.05 bits per heavy atom. The van der Waals surface area contributed by atoms with Crippen LogP contribution in [0.3, 0.4) is 0 Å². The molecule has 2 heterocycles. The molecule has 1 saturated carbocycles. The zero-order chi connectivity index (χ0) is 14.2. The molecule has 0 radical (unpaired) electrons. The van der Waals surface area contributed by atoms with Gasteiger partial charge in [-0.25, -0.2) is 4.79 Å². The number of nitrogens with one attached hydrogen (secondary N) is 2. The second-order valence-corrected chi connectivity index (χ2v) is 6.24. The number of nitrogens with zero attached hydrogens (tertiary/aromatic N) is 1. The van der Waals surface area contributed by atoms with E-state index >= 15 is 0 Å². The fourth-order valence-electron chi connectivity index (χ4n) is 3.62. The summed E-state index contributed by atoms with van der Waals surface area (Å²) in [5.41, 5.74) is -0.875. The highest BCUT2D eigenvalue weighted by molar-refractivity contribution is 6.07. The highest BCUT2D eigenvalue weighted by Gasteiger charge is 2.51. The first-order valence-electron chi connectivity index (χ1n) is 7.50. The Morgan fingerprint density at radius 1 is 1.30 bits per heavy atom. The molecule has 0 aromatic rings. The molecule has 0 aromatic heterocycles. The molecule has 6 heteroatoms. The Kier molecular flexibility index (Phi) is 3.40. The molecule has 110 valence electrons. The SMILES string of the molecule is O=C1NC(=O)C2(CCN(C(=O)CCC3CCCC3)C2)N1. The highest BCUT2D eigenvalue weighted by atomic mass is 16.2. The smallest absolute Gasteiger partial charge is 0.322 e. The molecule has 6 nitrogen and oxygen atoms in total. The first-order valence-corrected chi connectivity index (χ1v) is 7.50. The summed E-state index contributed by atoms with van der Waals surface area (Å²) in [7, 11) is 0. The summed E-state index contributed by atoms with van der Waals surface area (Å²) in [5, 5.41) is 4.93. The van der Waals surface area contributed by atoms with Crippen molar-refractivity contribution in [3.63, 3.8) is 0 Å². The van der Waals surface area contributed by atoms with E-state index in [1.165, 1.54) is 25.7 Å². The third kappa shape index (κ3) is 2.39. The lowest BCUT2D eigenvalue weighted by atomic mass is 9.99. The van der Waals surface area contributed by atoms with Gasteiger partial charge in [0, 0.05) is 13.0 Å². The van der Waals surface area contributed by atoms with Crippen LogP contribution in [-0.4, -0.2) is 41.4 Å². The van der Waals surface area contributed by atoms with E-state index in [1.54, 1.807) is 4.90 Å². The molecule has 2 N–H and O–H groups in total. The first-order chi connectivity index (χ1) is 9.59. The zero-order valence-electron chi connectivity index (χ0n) is 11.6. The van der Waals surface area contributed by atoms with Gasteiger partial charge in [0.15, 0.2) is 0 Å². The number of carbonyl (C=O) groups excluding carboxylic acids is 3. The van der Waals surface area contributed by atoms with E-state index in [1.807, 2.05) is 0 Å². The lowest BCUT2D eigenvalue weighted by Crippen LogP contribution is -2.49. The Bertz CT molecular complexity index is 445. The Morgan fingerprint density at radius 3 is 2.70 bits per heavy atom. The predicted molar refractivity (Wildman–Crippen MR) is 71.8 cm³/mol. The van der Waals surface area contributed by atoms with Gasteiger partial charge in [-0.05, 0) is 18.8 Å². The van der Waals surface area contributed by atoms with Crippen molar-refractivity contribution in [2.75, 3.05) is 13.1 Å². The van der Waals surface area contributed by atoms with Crippen molar-refractivity contribution in [2.24, 2.45) is 5.92 Å². The molecule has 3 fully saturated rings. The fourth-order valence-corrected chi connectivity index (χ4v) is 3.62. The predicted octanol–water partition coefficient (Wildman–Crippen LogP) is 0.767. The van der Waals surface area contributed by atoms with Gasteiger partial charge in [-0.15, -0.1) is 0 Å². The minimum Gasteiger partial charge on any atom is -0.340 e. The summed E-state index contributed by atoms with van der Waals surface area (Å²) in [5.74, 6) is 0.515. The van der Waals surface area contributed by atoms with Crippen molar-refractivity contribution >= 4 is 17.8 Å². The van der Waals surface area contributed by atoms with E-state index in [2.05, 4.69) is 10.6 Å². The zero-order valence-corrected chi connectivity index (χ0v) is 11.6. The second kappa shape index (κ2) is 5.07. The van der Waals surface area contributed by atoms with Crippen molar-refractivity contribution in [1.82, 2.24) is 15.5 Å². The van der Waals surface area contributed by atoms with Gasteiger partial charge in [0.1, 0.15) is 5.54 Å². The molecule has 1 unspecified atom stereocenters. The Labute approximate surface area is 118 Å². The monoisotopic (exact) mass is 279 g/mol. The van der Waals surface area contributed by atoms with E-state index < -0.39 is 11.6 Å². The summed E-state index contributed by atoms with van der Waals surface area (Å²) in [4.78, 5) is 37.0. The molecule has 3 aliphatic rings. The summed E-state index contributed by atoms with van der Waals surface area (Å²) in [6.45, 7) is 0.866. The van der Waals surface area contributed by atoms with Crippen LogP contribution in [0.2, 0.25) is 0 Å². The molecule has 1 atom stereocenters. The minimum atomic E-state index is -0.875. The highest BCUT2D eigenvalue weighted by Crippen LogP contribution is 2.30. The Balaban J connectivity index is 1.52. The average Bonchev–Trinajstić information content (AvgIpc) is 3.10. The number of carbonyl (C=O) groups is 3. The van der Waals surface area contributed by atoms with Gasteiger partial charge in [-0.2, -0.15) is 0 Å². The van der Waals surface area contributed by atoms with Crippen molar-refractivity contribution in [2.45, 2.75) is 50.5 Å². The molecule has 20 heavy (non-hydrogen) atoms. The normalized spacial score (nSPS) is 30.1. The maximum absolute atomic E-state index is 12.2. The lowest BCUT2D eigenvalue weighted by molar-refractivity contribution is -0.131. The third-order valence-electron chi connectivity index (χ3n) is 4.88. The lowest BCUT2D eigenvalue weighted by Gasteiger charge is -2.21. The number of hydrogen-bond donors (Lipinski definition) is 2. The van der Waals surface area contributed by atoms with Crippen molar-refractivity contribution in [3.8, 4) is 0 Å². The van der Waals surface area contributed by atoms with Gasteiger partial charge in [-0.3, -0.25) is 14.9 Å². The summed E-state index contributed by atoms with van der Waals surface area (Å²) >= 11 is 0. The molecule has 0 bridgehead atoms. The van der Waals surface area contributed by atoms with Gasteiger partial charge < -0.3 is 10.2 Å². The quantitative estimate of drug-likeness (QED) is 0.749. The van der Waals surface area contributed by atoms with Gasteiger partial charge in [-0.1, -0.05) is 25.7 Å². The van der Waals surface area contributed by atoms with E-state index in [9.17, 15) is 14.4 Å². The topological polar surface area (TPSA) is 78.5 Å². The van der Waals surface area contributed by atoms with Crippen LogP contribution < -0.4 is 10.6 Å². The van der Waals surface area contributed by atoms with E-state index in [0.717, 1.165) is 6.42 Å². The number of hydrogen-bond acceptors (Lipinski definition) is 3. The molecule has 2 saturated heterocycles. The number of amides is 4. The molecule has 0 aromatic carbocycles. The molecule has 3 rings (SSSR count). The number of likely N-dealkylation sites (tertiary alicyclic amines) is 1. The summed E-state index contributed by atoms with van der Waals surface area (Å²) in [6.07, 6.45) is 7.11. The second-order valence-electron chi connectivity index (χ2n) is 6.24. The van der Waals surface area contributed by atoms with E-state index in [0.29, 0.717) is 31.8 Å². The Hall–Kier alpha value is -1.59. The van der Waals surface area contributed by atoms with Crippen LogP contribution in [0.5, 0.6) is 0 Å². The molecule has 4 amide bonds. The summed E-state index contributed by atoms with van der Waals surface area (Å²) < 4.78 is 0. The third-order valence-corrected chi connectivity index (χ3v) is 4.88. The molecule has 1 spiro atoms. The molecular formula is C14H21N3O3. The van der Waals surface area contributed by atoms with Crippen molar-refractivity contribution < 1.29 is 14.4 Å². The van der Waals surface area contributed by atoms with Crippen LogP contribution in [0.15, 0.2) is 0 Å². The summed E-state index contributed by atoms with van der Waals surface area (Å²) in [6, 6.07) is -0.449. The van der Waals surface area contributed by atoms with Crippen molar-refractivity contribution in [3.05, 3.63) is 0 Å². The van der Waals surface area contributed by atoms with Crippen LogP contribution in [0, 0.1) is 5.92 Å². The van der Waals surface area contributed by atoms with E-state index in [4.69, 9.17) is 0 Å². The van der Waals surface area contributed by atoms with Crippen LogP contribution in [0.25, 0.3) is 0 Å². The maximum Gasteiger partial charge on any atom is 0.322 e. The maximum atomic E-state index is 12.2. The van der Waals surface area contributed by atoms with Crippen LogP contribution in [-0.2, 0) is 9.59 Å². The molecule has 2 aliphatic heterocycles. The van der Waals surface area contributed by atoms with Gasteiger partial charge in [0.05, 0.1) is 6.54 Å². The molecular weight excluding hydrogens is 258 g/mol. The van der Waals surface area contributed by atoms with Gasteiger partial charge in [0.25, 0.3) is 5.91 Å². The van der Waals surface area contributed by atoms with E-state index in [-0.39, 0.29) is 11.8 Å². The van der Waals surface area contributed by atoms with Crippen LogP contribution in [0.4, 0.5) is 4.79 Å². The largest absolute Gasteiger partial charge is 0.340 e. The fraction of sp³-hybridized carbons (Fsp3) is 0.786. The van der Waals surface area contributed by atoms with Crippen LogP contribution in [0.1, 0.15) is 44.9 Å². The van der Waals surface area contributed by atoms with Crippen molar-refractivity contribution in [1.29, 1.82) is 0 Å². The van der Waals surface area contributed by atoms with Crippen LogP contribution >= 0.6 is 0 Å². The van der Waals surface area contributed by atoms with Gasteiger partial charge in [0.2, 0.25) is 5.91 Å². The standard InChI is InChI=1S/C14H21N3O3/c18-11(6-5-10-3-1-2-4-10)17-8-7-14(9-17)12(19)15-13(20)16-14/h10H,1-9H2,(H2,15,16,19,20). The first kappa shape index (κ1) is 13.4. The molecule has 1 aliphatic carbocycles. The minimum absolute atomic E-state index is 0.114. The number of rotatable bonds is 3. The average molecular weight is 279 g/mol. The number of urea groups is 1. The van der Waals surface area contributed by atoms with Gasteiger partial charge >= 0.3 is 6.03 Å².